The molecule has 14 heavy (non-hydrogen) atoms. The van der Waals surface area contributed by atoms with Crippen LogP contribution < -0.4 is 0 Å². The van der Waals surface area contributed by atoms with Crippen LogP contribution in [0.5, 0.6) is 0 Å². The van der Waals surface area contributed by atoms with Crippen LogP contribution in [0.3, 0.4) is 0 Å². The second kappa shape index (κ2) is 5.86. The van der Waals surface area contributed by atoms with Gasteiger partial charge >= 0.3 is 0 Å². The highest BCUT2D eigenvalue weighted by atomic mass is 16.5. The van der Waals surface area contributed by atoms with Crippen LogP contribution in [0.2, 0.25) is 0 Å². The van der Waals surface area contributed by atoms with E-state index < -0.39 is 0 Å². The average molecular weight is 196 g/mol. The van der Waals surface area contributed by atoms with Gasteiger partial charge in [0, 0.05) is 6.61 Å². The minimum Gasteiger partial charge on any atom is -0.494 e. The molecule has 0 heterocycles. The molecule has 0 spiro atoms. The quantitative estimate of drug-likeness (QED) is 0.541. The topological polar surface area (TPSA) is 29.5 Å². The highest BCUT2D eigenvalue weighted by Gasteiger charge is 2.20. The van der Waals surface area contributed by atoms with E-state index in [1.165, 1.54) is 0 Å². The number of hydrogen-bond acceptors (Lipinski definition) is 2. The SMILES string of the molecule is C=CC(=C)OCC1CCC(CO)CC1. The first kappa shape index (κ1) is 11.3. The molecule has 0 aromatic carbocycles. The molecule has 1 aliphatic rings. The van der Waals surface area contributed by atoms with E-state index in [4.69, 9.17) is 9.84 Å². The number of allylic oxidation sites excluding steroid dienone is 1. The fourth-order valence-corrected chi connectivity index (χ4v) is 1.86. The van der Waals surface area contributed by atoms with Crippen molar-refractivity contribution in [3.05, 3.63) is 25.0 Å². The number of rotatable bonds is 5. The smallest absolute Gasteiger partial charge is 0.111 e. The number of aliphatic hydroxyl groups is 1. The Labute approximate surface area is 86.3 Å². The van der Waals surface area contributed by atoms with Crippen molar-refractivity contribution in [2.75, 3.05) is 13.2 Å². The van der Waals surface area contributed by atoms with Crippen LogP contribution in [0.25, 0.3) is 0 Å². The van der Waals surface area contributed by atoms with E-state index in [1.54, 1.807) is 6.08 Å². The van der Waals surface area contributed by atoms with Crippen LogP contribution in [0.4, 0.5) is 0 Å². The van der Waals surface area contributed by atoms with Gasteiger partial charge < -0.3 is 9.84 Å². The molecule has 1 rings (SSSR count). The molecule has 2 heteroatoms. The van der Waals surface area contributed by atoms with E-state index in [9.17, 15) is 0 Å². The van der Waals surface area contributed by atoms with Crippen molar-refractivity contribution in [2.24, 2.45) is 11.8 Å². The summed E-state index contributed by atoms with van der Waals surface area (Å²) in [6.07, 6.45) is 6.22. The van der Waals surface area contributed by atoms with Crippen LogP contribution in [0, 0.1) is 11.8 Å². The second-order valence-electron chi connectivity index (χ2n) is 4.05. The van der Waals surface area contributed by atoms with Crippen molar-refractivity contribution in [1.82, 2.24) is 0 Å². The molecule has 0 amide bonds. The third-order valence-electron chi connectivity index (χ3n) is 2.96. The van der Waals surface area contributed by atoms with Crippen LogP contribution in [0.1, 0.15) is 25.7 Å². The largest absolute Gasteiger partial charge is 0.494 e. The first-order valence-electron chi connectivity index (χ1n) is 5.31. The molecule has 1 N–H and O–H groups in total. The average Bonchev–Trinajstić information content (AvgIpc) is 2.26. The molecule has 0 aliphatic heterocycles. The lowest BCUT2D eigenvalue weighted by atomic mass is 9.83. The van der Waals surface area contributed by atoms with E-state index in [2.05, 4.69) is 13.2 Å². The summed E-state index contributed by atoms with van der Waals surface area (Å²) in [5, 5.41) is 8.97. The molecule has 1 fully saturated rings. The molecule has 0 atom stereocenters. The van der Waals surface area contributed by atoms with Gasteiger partial charge in [-0.3, -0.25) is 0 Å². The maximum Gasteiger partial charge on any atom is 0.111 e. The van der Waals surface area contributed by atoms with E-state index >= 15 is 0 Å². The summed E-state index contributed by atoms with van der Waals surface area (Å²) in [4.78, 5) is 0. The Morgan fingerprint density at radius 3 is 2.36 bits per heavy atom. The minimum absolute atomic E-state index is 0.340. The fourth-order valence-electron chi connectivity index (χ4n) is 1.86. The van der Waals surface area contributed by atoms with Crippen LogP contribution in [-0.2, 0) is 4.74 Å². The predicted molar refractivity (Wildman–Crippen MR) is 57.8 cm³/mol. The predicted octanol–water partition coefficient (Wildman–Crippen LogP) is 2.50. The Kier molecular flexibility index (Phi) is 4.74. The molecule has 0 aromatic heterocycles. The van der Waals surface area contributed by atoms with Gasteiger partial charge in [0.1, 0.15) is 5.76 Å². The molecular formula is C12H20O2. The number of ether oxygens (including phenoxy) is 1. The highest BCUT2D eigenvalue weighted by molar-refractivity contribution is 5.01. The van der Waals surface area contributed by atoms with Gasteiger partial charge in [-0.1, -0.05) is 13.2 Å². The Balaban J connectivity index is 2.16. The number of aliphatic hydroxyl groups excluding tert-OH is 1. The van der Waals surface area contributed by atoms with Crippen LogP contribution in [0.15, 0.2) is 25.0 Å². The van der Waals surface area contributed by atoms with Gasteiger partial charge in [-0.15, -0.1) is 0 Å². The zero-order valence-corrected chi connectivity index (χ0v) is 8.74. The molecule has 0 aromatic rings. The Bertz CT molecular complexity index is 190. The van der Waals surface area contributed by atoms with Gasteiger partial charge in [-0.25, -0.2) is 0 Å². The second-order valence-corrected chi connectivity index (χ2v) is 4.05. The summed E-state index contributed by atoms with van der Waals surface area (Å²) in [6.45, 7) is 8.39. The van der Waals surface area contributed by atoms with E-state index in [1.807, 2.05) is 0 Å². The Hall–Kier alpha value is -0.760. The summed E-state index contributed by atoms with van der Waals surface area (Å²) in [7, 11) is 0. The summed E-state index contributed by atoms with van der Waals surface area (Å²) < 4.78 is 5.42. The third-order valence-corrected chi connectivity index (χ3v) is 2.96. The number of hydrogen-bond donors (Lipinski definition) is 1. The lowest BCUT2D eigenvalue weighted by molar-refractivity contribution is 0.114. The summed E-state index contributed by atoms with van der Waals surface area (Å²) >= 11 is 0. The molecule has 0 unspecified atom stereocenters. The van der Waals surface area contributed by atoms with Gasteiger partial charge in [-0.05, 0) is 43.6 Å². The summed E-state index contributed by atoms with van der Waals surface area (Å²) in [5.41, 5.74) is 0. The summed E-state index contributed by atoms with van der Waals surface area (Å²) in [6, 6.07) is 0. The molecule has 1 aliphatic carbocycles. The molecule has 0 radical (unpaired) electrons. The minimum atomic E-state index is 0.340. The van der Waals surface area contributed by atoms with E-state index in [0.29, 0.717) is 24.2 Å². The standard InChI is InChI=1S/C12H20O2/c1-3-10(2)14-9-12-6-4-11(8-13)5-7-12/h3,11-13H,1-2,4-9H2. The Morgan fingerprint density at radius 1 is 1.29 bits per heavy atom. The highest BCUT2D eigenvalue weighted by Crippen LogP contribution is 2.28. The molecule has 0 saturated heterocycles. The van der Waals surface area contributed by atoms with Crippen LogP contribution >= 0.6 is 0 Å². The van der Waals surface area contributed by atoms with E-state index in [-0.39, 0.29) is 0 Å². The van der Waals surface area contributed by atoms with Crippen molar-refractivity contribution in [1.29, 1.82) is 0 Å². The monoisotopic (exact) mass is 196 g/mol. The van der Waals surface area contributed by atoms with Crippen molar-refractivity contribution < 1.29 is 9.84 Å². The molecule has 80 valence electrons. The van der Waals surface area contributed by atoms with Gasteiger partial charge in [-0.2, -0.15) is 0 Å². The normalized spacial score (nSPS) is 26.9. The molecule has 2 nitrogen and oxygen atoms in total. The fraction of sp³-hybridized carbons (Fsp3) is 0.667. The molecular weight excluding hydrogens is 176 g/mol. The first-order valence-corrected chi connectivity index (χ1v) is 5.31. The van der Waals surface area contributed by atoms with Gasteiger partial charge in [0.05, 0.1) is 6.61 Å². The first-order chi connectivity index (χ1) is 6.76. The molecule has 0 bridgehead atoms. The van der Waals surface area contributed by atoms with E-state index in [0.717, 1.165) is 32.3 Å². The molecule has 1 saturated carbocycles. The summed E-state index contributed by atoms with van der Waals surface area (Å²) in [5.74, 6) is 1.82. The van der Waals surface area contributed by atoms with Crippen molar-refractivity contribution >= 4 is 0 Å². The van der Waals surface area contributed by atoms with Gasteiger partial charge in [0.15, 0.2) is 0 Å². The lowest BCUT2D eigenvalue weighted by Gasteiger charge is -2.27. The lowest BCUT2D eigenvalue weighted by Crippen LogP contribution is -2.20. The maximum absolute atomic E-state index is 8.97. The van der Waals surface area contributed by atoms with Crippen molar-refractivity contribution in [2.45, 2.75) is 25.7 Å². The van der Waals surface area contributed by atoms with Crippen molar-refractivity contribution in [3.63, 3.8) is 0 Å². The van der Waals surface area contributed by atoms with Gasteiger partial charge in [0.25, 0.3) is 0 Å². The zero-order chi connectivity index (χ0) is 10.4. The maximum atomic E-state index is 8.97. The van der Waals surface area contributed by atoms with Gasteiger partial charge in [0.2, 0.25) is 0 Å². The zero-order valence-electron chi connectivity index (χ0n) is 8.74. The Morgan fingerprint density at radius 2 is 1.86 bits per heavy atom. The van der Waals surface area contributed by atoms with Crippen LogP contribution in [-0.4, -0.2) is 18.3 Å². The van der Waals surface area contributed by atoms with Crippen molar-refractivity contribution in [3.8, 4) is 0 Å². The third kappa shape index (κ3) is 3.54.